The van der Waals surface area contributed by atoms with Crippen molar-refractivity contribution in [3.8, 4) is 0 Å². The summed E-state index contributed by atoms with van der Waals surface area (Å²) < 4.78 is 0. The molecule has 0 aliphatic carbocycles. The third kappa shape index (κ3) is 4.98. The van der Waals surface area contributed by atoms with E-state index >= 15 is 0 Å². The van der Waals surface area contributed by atoms with E-state index in [4.69, 9.17) is 0 Å². The molecule has 15 heavy (non-hydrogen) atoms. The lowest BCUT2D eigenvalue weighted by Gasteiger charge is -2.29. The van der Waals surface area contributed by atoms with E-state index < -0.39 is 0 Å². The van der Waals surface area contributed by atoms with Gasteiger partial charge in [0, 0.05) is 6.04 Å². The highest BCUT2D eigenvalue weighted by Gasteiger charge is 2.21. The average molecular weight is 212 g/mol. The Morgan fingerprint density at radius 3 is 2.67 bits per heavy atom. The zero-order chi connectivity index (χ0) is 11.3. The Balaban J connectivity index is 2.23. The lowest BCUT2D eigenvalue weighted by atomic mass is 9.82. The first-order valence-electron chi connectivity index (χ1n) is 6.44. The summed E-state index contributed by atoms with van der Waals surface area (Å²) in [4.78, 5) is 0. The molecule has 0 aromatic rings. The Kier molecular flexibility index (Phi) is 5.07. The summed E-state index contributed by atoms with van der Waals surface area (Å²) in [5.74, 6) is 0.744. The first-order chi connectivity index (χ1) is 7.00. The van der Waals surface area contributed by atoms with Crippen molar-refractivity contribution in [3.63, 3.8) is 0 Å². The molecule has 0 aromatic heterocycles. The molecule has 0 radical (unpaired) electrons. The zero-order valence-corrected chi connectivity index (χ0v) is 10.9. The van der Waals surface area contributed by atoms with Crippen molar-refractivity contribution >= 4 is 0 Å². The smallest absolute Gasteiger partial charge is 0.00797 e. The van der Waals surface area contributed by atoms with Gasteiger partial charge in [0.1, 0.15) is 0 Å². The van der Waals surface area contributed by atoms with Crippen LogP contribution in [-0.2, 0) is 0 Å². The molecule has 0 bridgehead atoms. The molecule has 1 aliphatic rings. The second-order valence-electron chi connectivity index (χ2n) is 6.05. The monoisotopic (exact) mass is 212 g/mol. The van der Waals surface area contributed by atoms with Crippen molar-refractivity contribution in [2.45, 2.75) is 53.0 Å². The average Bonchev–Trinajstić information content (AvgIpc) is 2.40. The SMILES string of the molecule is CC(CNC1CCCNCC1)C(C)(C)C. The Bertz CT molecular complexity index is 164. The first-order valence-corrected chi connectivity index (χ1v) is 6.44. The maximum Gasteiger partial charge on any atom is 0.00797 e. The number of hydrogen-bond acceptors (Lipinski definition) is 2. The van der Waals surface area contributed by atoms with E-state index in [0.717, 1.165) is 18.5 Å². The molecule has 1 heterocycles. The largest absolute Gasteiger partial charge is 0.317 e. The Morgan fingerprint density at radius 2 is 2.00 bits per heavy atom. The van der Waals surface area contributed by atoms with Crippen molar-refractivity contribution in [2.75, 3.05) is 19.6 Å². The van der Waals surface area contributed by atoms with Gasteiger partial charge in [-0.3, -0.25) is 0 Å². The normalized spacial score (nSPS) is 26.0. The maximum atomic E-state index is 3.73. The second-order valence-corrected chi connectivity index (χ2v) is 6.05. The van der Waals surface area contributed by atoms with Gasteiger partial charge in [0.25, 0.3) is 0 Å². The summed E-state index contributed by atoms with van der Waals surface area (Å²) in [5, 5.41) is 7.18. The third-order valence-corrected chi connectivity index (χ3v) is 3.77. The highest BCUT2D eigenvalue weighted by Crippen LogP contribution is 2.24. The number of rotatable bonds is 3. The van der Waals surface area contributed by atoms with E-state index in [9.17, 15) is 0 Å². The lowest BCUT2D eigenvalue weighted by molar-refractivity contribution is 0.242. The van der Waals surface area contributed by atoms with Gasteiger partial charge in [0.05, 0.1) is 0 Å². The molecule has 2 nitrogen and oxygen atoms in total. The zero-order valence-electron chi connectivity index (χ0n) is 10.9. The molecule has 90 valence electrons. The Morgan fingerprint density at radius 1 is 1.27 bits per heavy atom. The number of nitrogens with one attached hydrogen (secondary N) is 2. The van der Waals surface area contributed by atoms with Gasteiger partial charge in [-0.1, -0.05) is 27.7 Å². The van der Waals surface area contributed by atoms with Crippen molar-refractivity contribution < 1.29 is 0 Å². The van der Waals surface area contributed by atoms with Gasteiger partial charge in [-0.25, -0.2) is 0 Å². The standard InChI is InChI=1S/C13H28N2/c1-11(13(2,3)4)10-15-12-6-5-8-14-9-7-12/h11-12,14-15H,5-10H2,1-4H3. The molecule has 0 amide bonds. The van der Waals surface area contributed by atoms with Crippen LogP contribution in [0.3, 0.4) is 0 Å². The summed E-state index contributed by atoms with van der Waals surface area (Å²) in [6.45, 7) is 12.9. The minimum Gasteiger partial charge on any atom is -0.317 e. The van der Waals surface area contributed by atoms with Gasteiger partial charge in [-0.05, 0) is 50.2 Å². The van der Waals surface area contributed by atoms with Crippen molar-refractivity contribution in [1.29, 1.82) is 0 Å². The Labute approximate surface area is 95.2 Å². The molecule has 1 aliphatic heterocycles. The fraction of sp³-hybridized carbons (Fsp3) is 1.00. The third-order valence-electron chi connectivity index (χ3n) is 3.77. The van der Waals surface area contributed by atoms with Gasteiger partial charge in [-0.2, -0.15) is 0 Å². The van der Waals surface area contributed by atoms with Crippen LogP contribution in [0, 0.1) is 11.3 Å². The maximum absolute atomic E-state index is 3.73. The Hall–Kier alpha value is -0.0800. The molecule has 2 heteroatoms. The summed E-state index contributed by atoms with van der Waals surface area (Å²) in [5.41, 5.74) is 0.427. The summed E-state index contributed by atoms with van der Waals surface area (Å²) in [6, 6.07) is 0.741. The molecule has 0 spiro atoms. The molecule has 2 N–H and O–H groups in total. The first kappa shape index (κ1) is 13.0. The van der Waals surface area contributed by atoms with E-state index in [-0.39, 0.29) is 0 Å². The van der Waals surface area contributed by atoms with Crippen LogP contribution < -0.4 is 10.6 Å². The van der Waals surface area contributed by atoms with Crippen LogP contribution >= 0.6 is 0 Å². The minimum atomic E-state index is 0.427. The van der Waals surface area contributed by atoms with Gasteiger partial charge < -0.3 is 10.6 Å². The highest BCUT2D eigenvalue weighted by molar-refractivity contribution is 4.77. The molecule has 2 unspecified atom stereocenters. The predicted octanol–water partition coefficient (Wildman–Crippen LogP) is 2.40. The van der Waals surface area contributed by atoms with Crippen LogP contribution in [0.2, 0.25) is 0 Å². The van der Waals surface area contributed by atoms with Crippen molar-refractivity contribution in [2.24, 2.45) is 11.3 Å². The van der Waals surface area contributed by atoms with E-state index in [2.05, 4.69) is 38.3 Å². The molecule has 1 saturated heterocycles. The summed E-state index contributed by atoms with van der Waals surface area (Å²) in [6.07, 6.45) is 3.95. The topological polar surface area (TPSA) is 24.1 Å². The summed E-state index contributed by atoms with van der Waals surface area (Å²) in [7, 11) is 0. The number of hydrogen-bond donors (Lipinski definition) is 2. The van der Waals surface area contributed by atoms with Crippen LogP contribution in [0.4, 0.5) is 0 Å². The van der Waals surface area contributed by atoms with Gasteiger partial charge in [0.15, 0.2) is 0 Å². The van der Waals surface area contributed by atoms with Gasteiger partial charge >= 0.3 is 0 Å². The molecule has 0 saturated carbocycles. The second kappa shape index (κ2) is 5.86. The van der Waals surface area contributed by atoms with Crippen LogP contribution in [-0.4, -0.2) is 25.7 Å². The van der Waals surface area contributed by atoms with E-state index in [1.54, 1.807) is 0 Å². The quantitative estimate of drug-likeness (QED) is 0.750. The van der Waals surface area contributed by atoms with Crippen molar-refractivity contribution in [1.82, 2.24) is 10.6 Å². The molecular weight excluding hydrogens is 184 g/mol. The molecular formula is C13H28N2. The molecule has 1 fully saturated rings. The van der Waals surface area contributed by atoms with Crippen molar-refractivity contribution in [3.05, 3.63) is 0 Å². The van der Waals surface area contributed by atoms with Crippen LogP contribution in [0.25, 0.3) is 0 Å². The molecule has 1 rings (SSSR count). The van der Waals surface area contributed by atoms with Gasteiger partial charge in [-0.15, -0.1) is 0 Å². The molecule has 2 atom stereocenters. The lowest BCUT2D eigenvalue weighted by Crippen LogP contribution is -2.37. The summed E-state index contributed by atoms with van der Waals surface area (Å²) >= 11 is 0. The van der Waals surface area contributed by atoms with Crippen LogP contribution in [0.5, 0.6) is 0 Å². The van der Waals surface area contributed by atoms with Crippen LogP contribution in [0.1, 0.15) is 47.0 Å². The predicted molar refractivity (Wildman–Crippen MR) is 67.1 cm³/mol. The highest BCUT2D eigenvalue weighted by atomic mass is 14.9. The van der Waals surface area contributed by atoms with E-state index in [1.165, 1.54) is 32.4 Å². The fourth-order valence-electron chi connectivity index (χ4n) is 1.87. The van der Waals surface area contributed by atoms with E-state index in [1.807, 2.05) is 0 Å². The minimum absolute atomic E-state index is 0.427. The van der Waals surface area contributed by atoms with Gasteiger partial charge in [0.2, 0.25) is 0 Å². The fourth-order valence-corrected chi connectivity index (χ4v) is 1.87. The van der Waals surface area contributed by atoms with Crippen LogP contribution in [0.15, 0.2) is 0 Å². The molecule has 0 aromatic carbocycles. The van der Waals surface area contributed by atoms with E-state index in [0.29, 0.717) is 5.41 Å².